The Kier molecular flexibility index (Phi) is 5.60. The lowest BCUT2D eigenvalue weighted by molar-refractivity contribution is 0.171. The summed E-state index contributed by atoms with van der Waals surface area (Å²) in [5, 5.41) is 8.38. The number of hydrogen-bond acceptors (Lipinski definition) is 5. The van der Waals surface area contributed by atoms with E-state index in [0.717, 1.165) is 34.0 Å². The number of rotatable bonds is 7. The molecule has 146 valence electrons. The Morgan fingerprint density at radius 1 is 1.11 bits per heavy atom. The van der Waals surface area contributed by atoms with Crippen LogP contribution in [-0.4, -0.2) is 42.8 Å². The van der Waals surface area contributed by atoms with Crippen LogP contribution in [0.5, 0.6) is 11.5 Å². The van der Waals surface area contributed by atoms with Gasteiger partial charge in [-0.25, -0.2) is 4.68 Å². The molecule has 0 spiro atoms. The molecule has 1 N–H and O–H groups in total. The molecule has 0 unspecified atom stereocenters. The molecule has 2 aromatic carbocycles. The summed E-state index contributed by atoms with van der Waals surface area (Å²) in [7, 11) is 1.71. The van der Waals surface area contributed by atoms with Crippen LogP contribution in [0.25, 0.3) is 16.9 Å². The smallest absolute Gasteiger partial charge is 0.162 e. The molecule has 6 heteroatoms. The van der Waals surface area contributed by atoms with E-state index in [9.17, 15) is 0 Å². The number of nitrogens with one attached hydrogen (secondary N) is 1. The lowest BCUT2D eigenvalue weighted by Gasteiger charge is -2.19. The molecule has 4 rings (SSSR count). The van der Waals surface area contributed by atoms with Gasteiger partial charge in [0.15, 0.2) is 11.5 Å². The molecule has 3 aromatic rings. The molecule has 0 aliphatic carbocycles. The third-order valence-corrected chi connectivity index (χ3v) is 4.68. The number of aromatic nitrogens is 2. The first kappa shape index (κ1) is 18.5. The average molecular weight is 379 g/mol. The van der Waals surface area contributed by atoms with Crippen molar-refractivity contribution in [1.82, 2.24) is 15.1 Å². The molecule has 1 aliphatic heterocycles. The number of fused-ring (bicyclic) bond motifs is 1. The first-order valence-corrected chi connectivity index (χ1v) is 9.51. The van der Waals surface area contributed by atoms with Gasteiger partial charge in [-0.05, 0) is 37.3 Å². The van der Waals surface area contributed by atoms with Gasteiger partial charge in [0.05, 0.1) is 18.0 Å². The van der Waals surface area contributed by atoms with Crippen molar-refractivity contribution in [2.24, 2.45) is 0 Å². The third kappa shape index (κ3) is 4.03. The highest BCUT2D eigenvalue weighted by molar-refractivity contribution is 5.67. The molecule has 1 aromatic heterocycles. The molecule has 0 radical (unpaired) electrons. The molecule has 0 saturated heterocycles. The number of hydrogen-bond donors (Lipinski definition) is 1. The highest BCUT2D eigenvalue weighted by atomic mass is 16.6. The molecule has 2 heterocycles. The highest BCUT2D eigenvalue weighted by Crippen LogP contribution is 2.35. The van der Waals surface area contributed by atoms with Crippen molar-refractivity contribution in [3.05, 3.63) is 60.3 Å². The zero-order chi connectivity index (χ0) is 19.3. The number of ether oxygens (including phenoxy) is 3. The normalized spacial score (nSPS) is 14.1. The largest absolute Gasteiger partial charge is 0.486 e. The molecule has 0 fully saturated rings. The Morgan fingerprint density at radius 3 is 2.68 bits per heavy atom. The minimum absolute atomic E-state index is 0.248. The molecular formula is C22H25N3O3. The molecule has 0 amide bonds. The van der Waals surface area contributed by atoms with Gasteiger partial charge in [-0.15, -0.1) is 0 Å². The number of methoxy groups -OCH3 is 1. The summed E-state index contributed by atoms with van der Waals surface area (Å²) in [5.41, 5.74) is 4.08. The Morgan fingerprint density at radius 2 is 1.89 bits per heavy atom. The van der Waals surface area contributed by atoms with Crippen molar-refractivity contribution in [3.63, 3.8) is 0 Å². The van der Waals surface area contributed by atoms with E-state index in [2.05, 4.69) is 18.4 Å². The van der Waals surface area contributed by atoms with Crippen LogP contribution in [0.15, 0.2) is 54.7 Å². The fourth-order valence-corrected chi connectivity index (χ4v) is 3.28. The second kappa shape index (κ2) is 8.46. The van der Waals surface area contributed by atoms with Crippen molar-refractivity contribution < 1.29 is 14.2 Å². The quantitative estimate of drug-likeness (QED) is 0.682. The van der Waals surface area contributed by atoms with E-state index >= 15 is 0 Å². The summed E-state index contributed by atoms with van der Waals surface area (Å²) in [6.45, 7) is 4.61. The average Bonchev–Trinajstić information content (AvgIpc) is 3.17. The van der Waals surface area contributed by atoms with Crippen LogP contribution in [0.2, 0.25) is 0 Å². The predicted octanol–water partition coefficient (Wildman–Crippen LogP) is 3.44. The summed E-state index contributed by atoms with van der Waals surface area (Å²) in [5.74, 6) is 1.55. The lowest BCUT2D eigenvalue weighted by atomic mass is 10.1. The molecule has 0 bridgehead atoms. The van der Waals surface area contributed by atoms with E-state index in [1.807, 2.05) is 53.2 Å². The second-order valence-electron chi connectivity index (χ2n) is 6.88. The maximum atomic E-state index is 5.76. The highest BCUT2D eigenvalue weighted by Gasteiger charge is 2.17. The van der Waals surface area contributed by atoms with E-state index in [1.165, 1.54) is 0 Å². The molecule has 28 heavy (non-hydrogen) atoms. The molecule has 0 saturated carbocycles. The topological polar surface area (TPSA) is 57.5 Å². The maximum absolute atomic E-state index is 5.76. The van der Waals surface area contributed by atoms with Crippen molar-refractivity contribution in [2.45, 2.75) is 19.5 Å². The van der Waals surface area contributed by atoms with Crippen LogP contribution < -0.4 is 14.8 Å². The zero-order valence-corrected chi connectivity index (χ0v) is 16.2. The number of para-hydroxylation sites is 1. The van der Waals surface area contributed by atoms with E-state index in [4.69, 9.17) is 19.3 Å². The van der Waals surface area contributed by atoms with Gasteiger partial charge >= 0.3 is 0 Å². The predicted molar refractivity (Wildman–Crippen MR) is 108 cm³/mol. The van der Waals surface area contributed by atoms with Crippen molar-refractivity contribution in [1.29, 1.82) is 0 Å². The van der Waals surface area contributed by atoms with Crippen LogP contribution in [0.1, 0.15) is 12.5 Å². The standard InChI is InChI=1S/C22H25N3O3/c1-16(15-26-2)23-13-18-14-25(19-6-4-3-5-7-19)24-22(18)17-8-9-20-21(12-17)28-11-10-27-20/h3-9,12,14,16,23H,10-11,13,15H2,1-2H3/t16-/m0/s1. The summed E-state index contributed by atoms with van der Waals surface area (Å²) < 4.78 is 18.6. The van der Waals surface area contributed by atoms with Gasteiger partial charge in [0.25, 0.3) is 0 Å². The Bertz CT molecular complexity index is 924. The van der Waals surface area contributed by atoms with Crippen molar-refractivity contribution in [3.8, 4) is 28.4 Å². The van der Waals surface area contributed by atoms with Gasteiger partial charge in [0.1, 0.15) is 13.2 Å². The lowest BCUT2D eigenvalue weighted by Crippen LogP contribution is -2.29. The van der Waals surface area contributed by atoms with Gasteiger partial charge in [-0.2, -0.15) is 5.10 Å². The minimum Gasteiger partial charge on any atom is -0.486 e. The summed E-state index contributed by atoms with van der Waals surface area (Å²) in [6, 6.07) is 16.4. The second-order valence-corrected chi connectivity index (χ2v) is 6.88. The van der Waals surface area contributed by atoms with Gasteiger partial charge in [-0.3, -0.25) is 0 Å². The molecule has 1 atom stereocenters. The third-order valence-electron chi connectivity index (χ3n) is 4.68. The van der Waals surface area contributed by atoms with E-state index in [0.29, 0.717) is 26.4 Å². The summed E-state index contributed by atoms with van der Waals surface area (Å²) in [4.78, 5) is 0. The van der Waals surface area contributed by atoms with E-state index < -0.39 is 0 Å². The zero-order valence-electron chi connectivity index (χ0n) is 16.2. The van der Waals surface area contributed by atoms with Crippen LogP contribution in [0.3, 0.4) is 0 Å². The van der Waals surface area contributed by atoms with Crippen molar-refractivity contribution in [2.75, 3.05) is 26.9 Å². The molecule has 1 aliphatic rings. The van der Waals surface area contributed by atoms with Crippen LogP contribution in [-0.2, 0) is 11.3 Å². The van der Waals surface area contributed by atoms with Gasteiger partial charge < -0.3 is 19.5 Å². The maximum Gasteiger partial charge on any atom is 0.162 e. The summed E-state index contributed by atoms with van der Waals surface area (Å²) >= 11 is 0. The number of nitrogens with zero attached hydrogens (tertiary/aromatic N) is 2. The van der Waals surface area contributed by atoms with Gasteiger partial charge in [0, 0.05) is 37.0 Å². The summed E-state index contributed by atoms with van der Waals surface area (Å²) in [6.07, 6.45) is 2.08. The Labute approximate surface area is 165 Å². The molecular weight excluding hydrogens is 354 g/mol. The van der Waals surface area contributed by atoms with Gasteiger partial charge in [-0.1, -0.05) is 18.2 Å². The fraction of sp³-hybridized carbons (Fsp3) is 0.318. The minimum atomic E-state index is 0.248. The SMILES string of the molecule is COC[C@H](C)NCc1cn(-c2ccccc2)nc1-c1ccc2c(c1)OCCO2. The Balaban J connectivity index is 1.68. The van der Waals surface area contributed by atoms with Crippen LogP contribution in [0, 0.1) is 0 Å². The van der Waals surface area contributed by atoms with Crippen LogP contribution in [0.4, 0.5) is 0 Å². The Hall–Kier alpha value is -2.83. The van der Waals surface area contributed by atoms with E-state index in [1.54, 1.807) is 7.11 Å². The van der Waals surface area contributed by atoms with Gasteiger partial charge in [0.2, 0.25) is 0 Å². The fourth-order valence-electron chi connectivity index (χ4n) is 3.28. The van der Waals surface area contributed by atoms with Crippen LogP contribution >= 0.6 is 0 Å². The first-order chi connectivity index (χ1) is 13.7. The molecule has 6 nitrogen and oxygen atoms in total. The first-order valence-electron chi connectivity index (χ1n) is 9.51. The van der Waals surface area contributed by atoms with Crippen molar-refractivity contribution >= 4 is 0 Å². The number of benzene rings is 2. The monoisotopic (exact) mass is 379 g/mol. The van der Waals surface area contributed by atoms with E-state index in [-0.39, 0.29) is 6.04 Å².